The molecule has 21 heavy (non-hydrogen) atoms. The number of carbonyl (C=O) groups is 2. The number of halogens is 2. The van der Waals surface area contributed by atoms with Gasteiger partial charge < -0.3 is 10.2 Å². The van der Waals surface area contributed by atoms with Crippen LogP contribution in [0.2, 0.25) is 0 Å². The van der Waals surface area contributed by atoms with Gasteiger partial charge in [0.25, 0.3) is 5.92 Å². The Bertz CT molecular complexity index is 558. The molecule has 2 fully saturated rings. The Hall–Kier alpha value is -1.98. The third-order valence-electron chi connectivity index (χ3n) is 3.91. The monoisotopic (exact) mass is 294 g/mol. The summed E-state index contributed by atoms with van der Waals surface area (Å²) in [6.07, 6.45) is 1.72. The number of hydrogen-bond acceptors (Lipinski definition) is 2. The van der Waals surface area contributed by atoms with Crippen LogP contribution in [0.15, 0.2) is 30.3 Å². The summed E-state index contributed by atoms with van der Waals surface area (Å²) in [5.41, 5.74) is -0.147. The molecule has 2 aliphatic rings. The van der Waals surface area contributed by atoms with E-state index in [-0.39, 0.29) is 23.9 Å². The fourth-order valence-corrected chi connectivity index (χ4v) is 2.62. The fraction of sp³-hybridized carbons (Fsp3) is 0.467. The minimum absolute atomic E-state index is 0.106. The van der Waals surface area contributed by atoms with Crippen molar-refractivity contribution in [1.29, 1.82) is 0 Å². The highest BCUT2D eigenvalue weighted by Gasteiger charge is 2.45. The minimum atomic E-state index is -3.16. The van der Waals surface area contributed by atoms with Gasteiger partial charge in [0.05, 0.1) is 13.1 Å². The summed E-state index contributed by atoms with van der Waals surface area (Å²) in [6.45, 7) is -1.06. The Morgan fingerprint density at radius 3 is 2.48 bits per heavy atom. The topological polar surface area (TPSA) is 49.4 Å². The standard InChI is InChI=1S/C15H16F2N2O2/c16-15(17,11-4-2-1-3-5-11)9-19-8-12(20)18-13(14(19)21)10-6-7-10/h1-5,10,13H,6-9H2,(H,18,20). The van der Waals surface area contributed by atoms with Gasteiger partial charge in [0, 0.05) is 5.56 Å². The molecule has 3 rings (SSSR count). The number of benzene rings is 1. The van der Waals surface area contributed by atoms with Crippen molar-refractivity contribution in [2.75, 3.05) is 13.1 Å². The summed E-state index contributed by atoms with van der Waals surface area (Å²) in [5.74, 6) is -3.82. The average Bonchev–Trinajstić information content (AvgIpc) is 3.28. The van der Waals surface area contributed by atoms with E-state index in [1.165, 1.54) is 24.3 Å². The first kappa shape index (κ1) is 14.0. The Morgan fingerprint density at radius 1 is 1.19 bits per heavy atom. The van der Waals surface area contributed by atoms with Crippen LogP contribution in [0, 0.1) is 5.92 Å². The second-order valence-electron chi connectivity index (χ2n) is 5.65. The first-order valence-electron chi connectivity index (χ1n) is 6.99. The maximum atomic E-state index is 14.3. The van der Waals surface area contributed by atoms with Crippen molar-refractivity contribution in [2.45, 2.75) is 24.8 Å². The van der Waals surface area contributed by atoms with E-state index in [1.54, 1.807) is 6.07 Å². The molecule has 1 saturated carbocycles. The quantitative estimate of drug-likeness (QED) is 0.915. The third kappa shape index (κ3) is 2.89. The number of nitrogens with one attached hydrogen (secondary N) is 1. The lowest BCUT2D eigenvalue weighted by Crippen LogP contribution is -2.60. The van der Waals surface area contributed by atoms with Gasteiger partial charge in [0.15, 0.2) is 0 Å². The van der Waals surface area contributed by atoms with Crippen molar-refractivity contribution >= 4 is 11.8 Å². The van der Waals surface area contributed by atoms with Gasteiger partial charge in [-0.1, -0.05) is 30.3 Å². The van der Waals surface area contributed by atoms with Crippen LogP contribution in [0.3, 0.4) is 0 Å². The summed E-state index contributed by atoms with van der Waals surface area (Å²) in [7, 11) is 0. The highest BCUT2D eigenvalue weighted by Crippen LogP contribution is 2.35. The number of amides is 2. The maximum Gasteiger partial charge on any atom is 0.290 e. The van der Waals surface area contributed by atoms with Gasteiger partial charge >= 0.3 is 0 Å². The summed E-state index contributed by atoms with van der Waals surface area (Å²) >= 11 is 0. The molecule has 0 radical (unpaired) electrons. The highest BCUT2D eigenvalue weighted by molar-refractivity contribution is 5.95. The van der Waals surface area contributed by atoms with E-state index in [2.05, 4.69) is 5.32 Å². The molecule has 4 nitrogen and oxygen atoms in total. The largest absolute Gasteiger partial charge is 0.342 e. The van der Waals surface area contributed by atoms with Crippen LogP contribution in [0.1, 0.15) is 18.4 Å². The first-order chi connectivity index (χ1) is 9.97. The molecule has 0 spiro atoms. The summed E-state index contributed by atoms with van der Waals surface area (Å²) in [4.78, 5) is 24.9. The van der Waals surface area contributed by atoms with E-state index in [1.807, 2.05) is 0 Å². The van der Waals surface area contributed by atoms with Crippen molar-refractivity contribution in [3.05, 3.63) is 35.9 Å². The number of hydrogen-bond donors (Lipinski definition) is 1. The second kappa shape index (κ2) is 5.09. The maximum absolute atomic E-state index is 14.3. The zero-order valence-corrected chi connectivity index (χ0v) is 11.4. The van der Waals surface area contributed by atoms with Crippen LogP contribution < -0.4 is 5.32 Å². The molecule has 1 aliphatic heterocycles. The number of carbonyl (C=O) groups excluding carboxylic acids is 2. The lowest BCUT2D eigenvalue weighted by molar-refractivity contribution is -0.150. The fourth-order valence-electron chi connectivity index (χ4n) is 2.62. The van der Waals surface area contributed by atoms with Gasteiger partial charge in [-0.15, -0.1) is 0 Å². The number of rotatable bonds is 4. The van der Waals surface area contributed by atoms with Crippen molar-refractivity contribution in [3.8, 4) is 0 Å². The molecular weight excluding hydrogens is 278 g/mol. The molecule has 0 bridgehead atoms. The van der Waals surface area contributed by atoms with Gasteiger partial charge in [-0.3, -0.25) is 9.59 Å². The molecule has 1 aliphatic carbocycles. The van der Waals surface area contributed by atoms with Gasteiger partial charge in [-0.25, -0.2) is 0 Å². The predicted octanol–water partition coefficient (Wildman–Crippen LogP) is 1.52. The Labute approximate surface area is 121 Å². The van der Waals surface area contributed by atoms with Crippen LogP contribution in [0.5, 0.6) is 0 Å². The third-order valence-corrected chi connectivity index (χ3v) is 3.91. The number of piperazine rings is 1. The van der Waals surface area contributed by atoms with Crippen LogP contribution in [-0.4, -0.2) is 35.8 Å². The summed E-state index contributed by atoms with van der Waals surface area (Å²) < 4.78 is 28.5. The first-order valence-corrected chi connectivity index (χ1v) is 6.99. The highest BCUT2D eigenvalue weighted by atomic mass is 19.3. The molecule has 0 aromatic heterocycles. The van der Waals surface area contributed by atoms with E-state index in [4.69, 9.17) is 0 Å². The van der Waals surface area contributed by atoms with E-state index >= 15 is 0 Å². The van der Waals surface area contributed by atoms with Gasteiger partial charge in [0.2, 0.25) is 11.8 Å². The van der Waals surface area contributed by atoms with Crippen LogP contribution >= 0.6 is 0 Å². The van der Waals surface area contributed by atoms with E-state index in [0.717, 1.165) is 17.7 Å². The lowest BCUT2D eigenvalue weighted by atomic mass is 10.0. The Balaban J connectivity index is 1.76. The van der Waals surface area contributed by atoms with Crippen molar-refractivity contribution in [1.82, 2.24) is 10.2 Å². The van der Waals surface area contributed by atoms with Gasteiger partial charge in [0.1, 0.15) is 6.04 Å². The Morgan fingerprint density at radius 2 is 1.86 bits per heavy atom. The summed E-state index contributed by atoms with van der Waals surface area (Å²) in [5, 5.41) is 2.61. The summed E-state index contributed by atoms with van der Waals surface area (Å²) in [6, 6.07) is 6.74. The minimum Gasteiger partial charge on any atom is -0.342 e. The molecule has 1 aromatic rings. The second-order valence-corrected chi connectivity index (χ2v) is 5.65. The van der Waals surface area contributed by atoms with E-state index in [0.29, 0.717) is 0 Å². The average molecular weight is 294 g/mol. The van der Waals surface area contributed by atoms with Gasteiger partial charge in [-0.05, 0) is 18.8 Å². The zero-order valence-electron chi connectivity index (χ0n) is 11.4. The van der Waals surface area contributed by atoms with Gasteiger partial charge in [-0.2, -0.15) is 8.78 Å². The molecule has 1 aromatic carbocycles. The van der Waals surface area contributed by atoms with Crippen molar-refractivity contribution in [2.24, 2.45) is 5.92 Å². The molecule has 6 heteroatoms. The van der Waals surface area contributed by atoms with Crippen LogP contribution in [-0.2, 0) is 15.5 Å². The molecule has 2 amide bonds. The molecule has 1 saturated heterocycles. The zero-order chi connectivity index (χ0) is 15.0. The van der Waals surface area contributed by atoms with Crippen LogP contribution in [0.25, 0.3) is 0 Å². The molecule has 1 atom stereocenters. The SMILES string of the molecule is O=C1CN(CC(F)(F)c2ccccc2)C(=O)C(C2CC2)N1. The molecule has 1 N–H and O–H groups in total. The normalized spacial score (nSPS) is 23.1. The van der Waals surface area contributed by atoms with Crippen molar-refractivity contribution in [3.63, 3.8) is 0 Å². The van der Waals surface area contributed by atoms with Crippen molar-refractivity contribution < 1.29 is 18.4 Å². The predicted molar refractivity (Wildman–Crippen MR) is 71.6 cm³/mol. The molecule has 1 heterocycles. The smallest absolute Gasteiger partial charge is 0.290 e. The van der Waals surface area contributed by atoms with Crippen LogP contribution in [0.4, 0.5) is 8.78 Å². The van der Waals surface area contributed by atoms with E-state index in [9.17, 15) is 18.4 Å². The number of nitrogens with zero attached hydrogens (tertiary/aromatic N) is 1. The lowest BCUT2D eigenvalue weighted by Gasteiger charge is -2.34. The van der Waals surface area contributed by atoms with E-state index < -0.39 is 24.4 Å². The molecule has 1 unspecified atom stereocenters. The Kier molecular flexibility index (Phi) is 3.39. The molecular formula is C15H16F2N2O2. The number of alkyl halides is 2. The molecule has 112 valence electrons.